The first-order valence-electron chi connectivity index (χ1n) is 6.94. The Morgan fingerprint density at radius 1 is 1.14 bits per heavy atom. The van der Waals surface area contributed by atoms with Crippen molar-refractivity contribution in [3.63, 3.8) is 0 Å². The van der Waals surface area contributed by atoms with Gasteiger partial charge in [-0.2, -0.15) is 0 Å². The molecule has 0 spiro atoms. The fourth-order valence-corrected chi connectivity index (χ4v) is 2.04. The van der Waals surface area contributed by atoms with E-state index in [1.165, 1.54) is 0 Å². The molecule has 1 heterocycles. The third kappa shape index (κ3) is 3.49. The topological polar surface area (TPSA) is 60.6 Å². The van der Waals surface area contributed by atoms with Crippen LogP contribution in [-0.2, 0) is 4.74 Å². The molecule has 0 aliphatic carbocycles. The molecule has 5 heteroatoms. The Balaban J connectivity index is 2.22. The van der Waals surface area contributed by atoms with Gasteiger partial charge in [-0.3, -0.25) is 0 Å². The zero-order chi connectivity index (χ0) is 15.9. The summed E-state index contributed by atoms with van der Waals surface area (Å²) in [5, 5.41) is 0. The van der Waals surface area contributed by atoms with Crippen LogP contribution in [0.4, 0.5) is 0 Å². The Kier molecular flexibility index (Phi) is 5.25. The lowest BCUT2D eigenvalue weighted by atomic mass is 10.1. The molecule has 0 amide bonds. The number of hydrogen-bond donors (Lipinski definition) is 1. The maximum atomic E-state index is 11.8. The Bertz CT molecular complexity index is 673. The number of rotatable bonds is 6. The van der Waals surface area contributed by atoms with E-state index < -0.39 is 0 Å². The number of H-pyrrole nitrogens is 1. The zero-order valence-corrected chi connectivity index (χ0v) is 12.9. The monoisotopic (exact) mass is 301 g/mol. The van der Waals surface area contributed by atoms with Crippen molar-refractivity contribution >= 4 is 18.1 Å². The van der Waals surface area contributed by atoms with Crippen LogP contribution in [0.15, 0.2) is 30.5 Å². The smallest absolute Gasteiger partial charge is 0.340 e. The number of benzene rings is 1. The van der Waals surface area contributed by atoms with E-state index in [2.05, 4.69) is 4.98 Å². The molecule has 22 heavy (non-hydrogen) atoms. The molecule has 1 N–H and O–H groups in total. The summed E-state index contributed by atoms with van der Waals surface area (Å²) in [4.78, 5) is 14.8. The number of hydrogen-bond acceptors (Lipinski definition) is 4. The first kappa shape index (κ1) is 15.7. The molecule has 2 aromatic rings. The fraction of sp³-hybridized carbons (Fsp3) is 0.235. The minimum absolute atomic E-state index is 0.337. The molecular formula is C17H19NO4. The maximum absolute atomic E-state index is 11.8. The number of methoxy groups -OCH3 is 2. The first-order valence-corrected chi connectivity index (χ1v) is 6.94. The Morgan fingerprint density at radius 2 is 1.91 bits per heavy atom. The van der Waals surface area contributed by atoms with E-state index >= 15 is 0 Å². The van der Waals surface area contributed by atoms with Crippen LogP contribution in [0.2, 0.25) is 0 Å². The minimum Gasteiger partial charge on any atom is -0.493 e. The molecule has 0 saturated carbocycles. The highest BCUT2D eigenvalue weighted by Gasteiger charge is 2.11. The van der Waals surface area contributed by atoms with Gasteiger partial charge in [-0.1, -0.05) is 12.1 Å². The molecule has 0 fully saturated rings. The highest BCUT2D eigenvalue weighted by Crippen LogP contribution is 2.28. The Hall–Kier alpha value is -2.69. The molecule has 2 rings (SSSR count). The average molecular weight is 301 g/mol. The highest BCUT2D eigenvalue weighted by atomic mass is 16.5. The van der Waals surface area contributed by atoms with E-state index in [9.17, 15) is 4.79 Å². The largest absolute Gasteiger partial charge is 0.493 e. The van der Waals surface area contributed by atoms with Gasteiger partial charge < -0.3 is 19.2 Å². The number of carbonyl (C=O) groups excluding carboxylic acids is 1. The van der Waals surface area contributed by atoms with Crippen molar-refractivity contribution in [2.24, 2.45) is 0 Å². The first-order chi connectivity index (χ1) is 10.7. The molecule has 0 unspecified atom stereocenters. The van der Waals surface area contributed by atoms with Gasteiger partial charge in [-0.25, -0.2) is 4.79 Å². The van der Waals surface area contributed by atoms with Crippen molar-refractivity contribution in [2.45, 2.75) is 6.92 Å². The van der Waals surface area contributed by atoms with Crippen LogP contribution < -0.4 is 9.47 Å². The van der Waals surface area contributed by atoms with E-state index in [0.717, 1.165) is 5.56 Å². The van der Waals surface area contributed by atoms with Crippen LogP contribution in [0.5, 0.6) is 11.5 Å². The van der Waals surface area contributed by atoms with Crippen molar-refractivity contribution < 1.29 is 19.0 Å². The SMILES string of the molecule is CCOC(=O)c1cc[nH]c1/C=C/c1ccc(OC)c(OC)c1. The highest BCUT2D eigenvalue weighted by molar-refractivity contribution is 5.94. The molecule has 0 bridgehead atoms. The second-order valence-electron chi connectivity index (χ2n) is 4.47. The number of esters is 1. The summed E-state index contributed by atoms with van der Waals surface area (Å²) < 4.78 is 15.5. The van der Waals surface area contributed by atoms with Crippen molar-refractivity contribution in [1.82, 2.24) is 4.98 Å². The summed E-state index contributed by atoms with van der Waals surface area (Å²) in [5.41, 5.74) is 2.15. The van der Waals surface area contributed by atoms with Gasteiger partial charge >= 0.3 is 5.97 Å². The van der Waals surface area contributed by atoms with E-state index in [0.29, 0.717) is 29.4 Å². The van der Waals surface area contributed by atoms with Gasteiger partial charge in [0.15, 0.2) is 11.5 Å². The van der Waals surface area contributed by atoms with E-state index in [1.807, 2.05) is 30.4 Å². The second-order valence-corrected chi connectivity index (χ2v) is 4.47. The van der Waals surface area contributed by atoms with Gasteiger partial charge in [0.25, 0.3) is 0 Å². The van der Waals surface area contributed by atoms with Gasteiger partial charge in [0.2, 0.25) is 0 Å². The summed E-state index contributed by atoms with van der Waals surface area (Å²) in [6, 6.07) is 7.30. The lowest BCUT2D eigenvalue weighted by Gasteiger charge is -2.07. The minimum atomic E-state index is -0.337. The van der Waals surface area contributed by atoms with Crippen LogP contribution in [0.3, 0.4) is 0 Å². The number of nitrogens with one attached hydrogen (secondary N) is 1. The fourth-order valence-electron chi connectivity index (χ4n) is 2.04. The van der Waals surface area contributed by atoms with Crippen LogP contribution in [0, 0.1) is 0 Å². The third-order valence-electron chi connectivity index (χ3n) is 3.12. The molecule has 0 saturated heterocycles. The molecule has 0 atom stereocenters. The summed E-state index contributed by atoms with van der Waals surface area (Å²) in [6.45, 7) is 2.13. The molecule has 116 valence electrons. The summed E-state index contributed by atoms with van der Waals surface area (Å²) in [5.74, 6) is 0.990. The van der Waals surface area contributed by atoms with Gasteiger partial charge in [0.1, 0.15) is 0 Å². The molecular weight excluding hydrogens is 282 g/mol. The van der Waals surface area contributed by atoms with Crippen LogP contribution in [0.1, 0.15) is 28.5 Å². The predicted molar refractivity (Wildman–Crippen MR) is 85.2 cm³/mol. The molecule has 0 aliphatic heterocycles. The standard InChI is InChI=1S/C17H19NO4/c1-4-22-17(19)13-9-10-18-14(13)7-5-12-6-8-15(20-2)16(11-12)21-3/h5-11,18H,4H2,1-3H3/b7-5+. The molecule has 0 aliphatic rings. The third-order valence-corrected chi connectivity index (χ3v) is 3.12. The number of ether oxygens (including phenoxy) is 3. The summed E-state index contributed by atoms with van der Waals surface area (Å²) >= 11 is 0. The summed E-state index contributed by atoms with van der Waals surface area (Å²) in [7, 11) is 3.19. The number of aromatic amines is 1. The normalized spacial score (nSPS) is 10.7. The van der Waals surface area contributed by atoms with Crippen LogP contribution in [0.25, 0.3) is 12.2 Å². The van der Waals surface area contributed by atoms with Crippen molar-refractivity contribution in [1.29, 1.82) is 0 Å². The van der Waals surface area contributed by atoms with Gasteiger partial charge in [-0.15, -0.1) is 0 Å². The quantitative estimate of drug-likeness (QED) is 0.831. The van der Waals surface area contributed by atoms with E-state index in [4.69, 9.17) is 14.2 Å². The molecule has 1 aromatic heterocycles. The van der Waals surface area contributed by atoms with Crippen LogP contribution >= 0.6 is 0 Å². The number of aromatic nitrogens is 1. The van der Waals surface area contributed by atoms with Crippen LogP contribution in [-0.4, -0.2) is 31.8 Å². The van der Waals surface area contributed by atoms with Gasteiger partial charge in [0.05, 0.1) is 32.1 Å². The van der Waals surface area contributed by atoms with Gasteiger partial charge in [-0.05, 0) is 36.8 Å². The lowest BCUT2D eigenvalue weighted by Crippen LogP contribution is -2.04. The Labute approximate surface area is 129 Å². The van der Waals surface area contributed by atoms with Crippen molar-refractivity contribution in [3.8, 4) is 11.5 Å². The molecule has 1 aromatic carbocycles. The Morgan fingerprint density at radius 3 is 2.59 bits per heavy atom. The summed E-state index contributed by atoms with van der Waals surface area (Å²) in [6.07, 6.45) is 5.42. The molecule has 5 nitrogen and oxygen atoms in total. The average Bonchev–Trinajstić information content (AvgIpc) is 3.01. The molecule has 0 radical (unpaired) electrons. The van der Waals surface area contributed by atoms with Gasteiger partial charge in [0, 0.05) is 6.20 Å². The van der Waals surface area contributed by atoms with E-state index in [-0.39, 0.29) is 5.97 Å². The van der Waals surface area contributed by atoms with Crippen molar-refractivity contribution in [3.05, 3.63) is 47.3 Å². The van der Waals surface area contributed by atoms with E-state index in [1.54, 1.807) is 33.4 Å². The lowest BCUT2D eigenvalue weighted by molar-refractivity contribution is 0.0526. The second kappa shape index (κ2) is 7.36. The predicted octanol–water partition coefficient (Wildman–Crippen LogP) is 3.38. The van der Waals surface area contributed by atoms with Crippen molar-refractivity contribution in [2.75, 3.05) is 20.8 Å². The number of carbonyl (C=O) groups is 1. The maximum Gasteiger partial charge on any atom is 0.340 e. The zero-order valence-electron chi connectivity index (χ0n) is 12.9.